The van der Waals surface area contributed by atoms with Crippen molar-refractivity contribution in [3.8, 4) is 0 Å². The van der Waals surface area contributed by atoms with Gasteiger partial charge in [0.25, 0.3) is 0 Å². The zero-order valence-corrected chi connectivity index (χ0v) is 9.81. The fourth-order valence-corrected chi connectivity index (χ4v) is 1.60. The number of benzene rings is 1. The van der Waals surface area contributed by atoms with Crippen LogP contribution in [-0.2, 0) is 6.18 Å². The topological polar surface area (TPSA) is 46.2 Å². The van der Waals surface area contributed by atoms with Crippen molar-refractivity contribution in [1.29, 1.82) is 0 Å². The predicted octanol–water partition coefficient (Wildman–Crippen LogP) is 3.28. The van der Waals surface area contributed by atoms with Crippen LogP contribution in [0.4, 0.5) is 26.3 Å². The van der Waals surface area contributed by atoms with Crippen LogP contribution in [0.1, 0.15) is 17.2 Å². The van der Waals surface area contributed by atoms with Crippen molar-refractivity contribution in [2.45, 2.75) is 24.5 Å². The van der Waals surface area contributed by atoms with Gasteiger partial charge in [0, 0.05) is 5.02 Å². The number of hydrogen-bond acceptors (Lipinski definition) is 2. The summed E-state index contributed by atoms with van der Waals surface area (Å²) >= 11 is 5.40. The van der Waals surface area contributed by atoms with E-state index in [2.05, 4.69) is 0 Å². The van der Waals surface area contributed by atoms with E-state index in [0.29, 0.717) is 12.1 Å². The number of rotatable bonds is 2. The minimum atomic E-state index is -5.04. The van der Waals surface area contributed by atoms with Gasteiger partial charge in [-0.3, -0.25) is 0 Å². The van der Waals surface area contributed by atoms with E-state index in [4.69, 9.17) is 22.4 Å². The molecule has 2 atom stereocenters. The Bertz CT molecular complexity index is 458. The molecule has 0 aliphatic carbocycles. The summed E-state index contributed by atoms with van der Waals surface area (Å²) in [5, 5.41) is 8.50. The lowest BCUT2D eigenvalue weighted by Gasteiger charge is -2.22. The maximum Gasteiger partial charge on any atom is 0.416 e. The van der Waals surface area contributed by atoms with E-state index in [-0.39, 0.29) is 0 Å². The molecule has 9 heteroatoms. The van der Waals surface area contributed by atoms with Crippen LogP contribution in [0.5, 0.6) is 0 Å². The number of nitrogens with two attached hydrogens (primary N) is 1. The number of alkyl halides is 6. The lowest BCUT2D eigenvalue weighted by Crippen LogP contribution is -2.38. The van der Waals surface area contributed by atoms with E-state index in [9.17, 15) is 26.3 Å². The Balaban J connectivity index is 3.18. The van der Waals surface area contributed by atoms with E-state index in [1.807, 2.05) is 0 Å². The highest BCUT2D eigenvalue weighted by atomic mass is 35.5. The maximum absolute atomic E-state index is 12.5. The highest BCUT2D eigenvalue weighted by Gasteiger charge is 2.43. The third kappa shape index (κ3) is 3.99. The molecule has 0 fully saturated rings. The molecule has 2 nitrogen and oxygen atoms in total. The second-order valence-corrected chi connectivity index (χ2v) is 4.22. The summed E-state index contributed by atoms with van der Waals surface area (Å²) in [6, 6.07) is -0.237. The van der Waals surface area contributed by atoms with Gasteiger partial charge < -0.3 is 10.8 Å². The minimum absolute atomic E-state index is 0.422. The van der Waals surface area contributed by atoms with Crippen molar-refractivity contribution < 1.29 is 31.4 Å². The zero-order valence-electron chi connectivity index (χ0n) is 9.06. The van der Waals surface area contributed by atoms with E-state index in [1.54, 1.807) is 0 Å². The molecular formula is C10H8ClF6NO. The van der Waals surface area contributed by atoms with Gasteiger partial charge in [-0.15, -0.1) is 0 Å². The van der Waals surface area contributed by atoms with Gasteiger partial charge in [-0.05, 0) is 23.8 Å². The van der Waals surface area contributed by atoms with Gasteiger partial charge in [-0.25, -0.2) is 0 Å². The van der Waals surface area contributed by atoms with Crippen LogP contribution in [0.3, 0.4) is 0 Å². The third-order valence-corrected chi connectivity index (χ3v) is 2.53. The van der Waals surface area contributed by atoms with Crippen LogP contribution in [0.15, 0.2) is 18.2 Å². The van der Waals surface area contributed by atoms with E-state index in [1.165, 1.54) is 0 Å². The standard InChI is InChI=1S/C10H8ClF6NO/c11-6-2-4(1-5(3-6)9(12,13)14)7(18)8(19)10(15,16)17/h1-3,7-8,19H,18H2/t7-,8-/m1/s1. The minimum Gasteiger partial charge on any atom is -0.382 e. The molecule has 1 rings (SSSR count). The molecule has 0 unspecified atom stereocenters. The lowest BCUT2D eigenvalue weighted by molar-refractivity contribution is -0.210. The van der Waals surface area contributed by atoms with Gasteiger partial charge >= 0.3 is 12.4 Å². The first-order chi connectivity index (χ1) is 8.43. The third-order valence-electron chi connectivity index (χ3n) is 2.31. The summed E-state index contributed by atoms with van der Waals surface area (Å²) < 4.78 is 74.1. The quantitative estimate of drug-likeness (QED) is 0.824. The van der Waals surface area contributed by atoms with Gasteiger partial charge in [-0.2, -0.15) is 26.3 Å². The lowest BCUT2D eigenvalue weighted by atomic mass is 9.99. The van der Waals surface area contributed by atoms with Crippen molar-refractivity contribution in [1.82, 2.24) is 0 Å². The number of aliphatic hydroxyl groups is 1. The van der Waals surface area contributed by atoms with Crippen molar-refractivity contribution >= 4 is 11.6 Å². The molecule has 0 saturated heterocycles. The number of hydrogen-bond donors (Lipinski definition) is 2. The molecule has 0 spiro atoms. The van der Waals surface area contributed by atoms with Gasteiger partial charge in [0.05, 0.1) is 11.6 Å². The molecule has 19 heavy (non-hydrogen) atoms. The van der Waals surface area contributed by atoms with Crippen molar-refractivity contribution in [3.05, 3.63) is 34.3 Å². The second kappa shape index (κ2) is 5.18. The largest absolute Gasteiger partial charge is 0.416 e. The molecule has 1 aromatic rings. The zero-order chi connectivity index (χ0) is 15.0. The summed E-state index contributed by atoms with van der Waals surface area (Å²) in [6.45, 7) is 0. The molecule has 0 radical (unpaired) electrons. The van der Waals surface area contributed by atoms with Crippen molar-refractivity contribution in [2.75, 3.05) is 0 Å². The Morgan fingerprint density at radius 1 is 1.05 bits per heavy atom. The summed E-state index contributed by atoms with van der Waals surface area (Å²) in [7, 11) is 0. The fraction of sp³-hybridized carbons (Fsp3) is 0.400. The average molecular weight is 308 g/mol. The normalized spacial score (nSPS) is 16.3. The molecule has 0 saturated carbocycles. The van der Waals surface area contributed by atoms with Gasteiger partial charge in [0.15, 0.2) is 6.10 Å². The second-order valence-electron chi connectivity index (χ2n) is 3.78. The van der Waals surface area contributed by atoms with Crippen molar-refractivity contribution in [2.24, 2.45) is 5.73 Å². The Hall–Kier alpha value is -0.990. The molecule has 108 valence electrons. The Morgan fingerprint density at radius 3 is 2.00 bits per heavy atom. The Kier molecular flexibility index (Phi) is 4.38. The molecule has 0 aliphatic heterocycles. The van der Waals surface area contributed by atoms with Crippen LogP contribution >= 0.6 is 11.6 Å². The van der Waals surface area contributed by atoms with Gasteiger partial charge in [-0.1, -0.05) is 11.6 Å². The van der Waals surface area contributed by atoms with Crippen LogP contribution in [0.25, 0.3) is 0 Å². The molecule has 0 aromatic heterocycles. The SMILES string of the molecule is N[C@H](c1cc(Cl)cc(C(F)(F)F)c1)[C@@H](O)C(F)(F)F. The molecule has 0 amide bonds. The fourth-order valence-electron chi connectivity index (χ4n) is 1.35. The average Bonchev–Trinajstić information content (AvgIpc) is 2.23. The summed E-state index contributed by atoms with van der Waals surface area (Å²) in [5.74, 6) is 0. The molecule has 1 aromatic carbocycles. The highest BCUT2D eigenvalue weighted by Crippen LogP contribution is 2.35. The van der Waals surface area contributed by atoms with Crippen molar-refractivity contribution in [3.63, 3.8) is 0 Å². The Morgan fingerprint density at radius 2 is 1.58 bits per heavy atom. The van der Waals surface area contributed by atoms with Crippen LogP contribution in [-0.4, -0.2) is 17.4 Å². The first kappa shape index (κ1) is 16.1. The molecular weight excluding hydrogens is 300 g/mol. The smallest absolute Gasteiger partial charge is 0.382 e. The predicted molar refractivity (Wildman–Crippen MR) is 55.4 cm³/mol. The Labute approximate surface area is 108 Å². The van der Waals surface area contributed by atoms with Gasteiger partial charge in [0.1, 0.15) is 0 Å². The number of aliphatic hydroxyl groups excluding tert-OH is 1. The van der Waals surface area contributed by atoms with Gasteiger partial charge in [0.2, 0.25) is 0 Å². The first-order valence-corrected chi connectivity index (χ1v) is 5.19. The number of halogens is 7. The van der Waals surface area contributed by atoms with Crippen LogP contribution < -0.4 is 5.73 Å². The van der Waals surface area contributed by atoms with Crippen LogP contribution in [0, 0.1) is 0 Å². The molecule has 0 heterocycles. The van der Waals surface area contributed by atoms with E-state index >= 15 is 0 Å². The summed E-state index contributed by atoms with van der Waals surface area (Å²) in [6.07, 6.45) is -12.8. The first-order valence-electron chi connectivity index (χ1n) is 4.81. The summed E-state index contributed by atoms with van der Waals surface area (Å²) in [5.41, 5.74) is 3.32. The highest BCUT2D eigenvalue weighted by molar-refractivity contribution is 6.30. The maximum atomic E-state index is 12.5. The molecule has 0 bridgehead atoms. The summed E-state index contributed by atoms with van der Waals surface area (Å²) in [4.78, 5) is 0. The van der Waals surface area contributed by atoms with E-state index < -0.39 is 40.6 Å². The van der Waals surface area contributed by atoms with E-state index in [0.717, 1.165) is 6.07 Å². The molecule has 0 aliphatic rings. The van der Waals surface area contributed by atoms with Crippen LogP contribution in [0.2, 0.25) is 5.02 Å². The molecule has 3 N–H and O–H groups in total. The monoisotopic (exact) mass is 307 g/mol.